The van der Waals surface area contributed by atoms with E-state index in [1.807, 2.05) is 0 Å². The van der Waals surface area contributed by atoms with Gasteiger partial charge >= 0.3 is 0 Å². The van der Waals surface area contributed by atoms with Gasteiger partial charge in [-0.1, -0.05) is 19.1 Å². The second-order valence-corrected chi connectivity index (χ2v) is 4.99. The third-order valence-corrected chi connectivity index (χ3v) is 3.19. The molecular formula is C17H20FN3O. The zero-order chi connectivity index (χ0) is 15.8. The molecule has 0 aliphatic heterocycles. The number of benzene rings is 1. The Kier molecular flexibility index (Phi) is 5.89. The number of hydrogen-bond donors (Lipinski definition) is 2. The minimum absolute atomic E-state index is 0.135. The lowest BCUT2D eigenvalue weighted by atomic mass is 10.1. The Morgan fingerprint density at radius 1 is 1.18 bits per heavy atom. The molecule has 1 aromatic heterocycles. The minimum atomic E-state index is -0.253. The summed E-state index contributed by atoms with van der Waals surface area (Å²) in [6.07, 6.45) is 3.28. The number of amides is 1. The molecule has 2 N–H and O–H groups in total. The summed E-state index contributed by atoms with van der Waals surface area (Å²) in [5.74, 6) is 0.314. The quantitative estimate of drug-likeness (QED) is 0.826. The molecule has 0 aliphatic rings. The van der Waals surface area contributed by atoms with Crippen molar-refractivity contribution in [3.63, 3.8) is 0 Å². The van der Waals surface area contributed by atoms with Crippen LogP contribution in [0.15, 0.2) is 42.6 Å². The van der Waals surface area contributed by atoms with E-state index in [9.17, 15) is 9.18 Å². The van der Waals surface area contributed by atoms with Crippen LogP contribution in [-0.2, 0) is 6.42 Å². The van der Waals surface area contributed by atoms with Crippen molar-refractivity contribution in [2.45, 2.75) is 19.8 Å². The average molecular weight is 301 g/mol. The monoisotopic (exact) mass is 301 g/mol. The van der Waals surface area contributed by atoms with E-state index in [-0.39, 0.29) is 11.7 Å². The molecule has 1 heterocycles. The van der Waals surface area contributed by atoms with Crippen molar-refractivity contribution in [2.24, 2.45) is 0 Å². The highest BCUT2D eigenvalue weighted by Crippen LogP contribution is 2.07. The van der Waals surface area contributed by atoms with Crippen LogP contribution < -0.4 is 10.6 Å². The van der Waals surface area contributed by atoms with Crippen molar-refractivity contribution < 1.29 is 9.18 Å². The Hall–Kier alpha value is -2.43. The van der Waals surface area contributed by atoms with Crippen LogP contribution in [0, 0.1) is 5.82 Å². The van der Waals surface area contributed by atoms with Gasteiger partial charge in [-0.2, -0.15) is 0 Å². The maximum absolute atomic E-state index is 12.8. The van der Waals surface area contributed by atoms with Crippen LogP contribution in [0.1, 0.15) is 29.3 Å². The zero-order valence-corrected chi connectivity index (χ0v) is 12.6. The number of carbonyl (C=O) groups is 1. The third-order valence-electron chi connectivity index (χ3n) is 3.19. The fourth-order valence-electron chi connectivity index (χ4n) is 2.00. The first kappa shape index (κ1) is 15.9. The fourth-order valence-corrected chi connectivity index (χ4v) is 2.00. The number of rotatable bonds is 7. The Morgan fingerprint density at radius 3 is 2.68 bits per heavy atom. The Balaban J connectivity index is 1.85. The molecule has 0 radical (unpaired) electrons. The topological polar surface area (TPSA) is 54.0 Å². The van der Waals surface area contributed by atoms with E-state index in [1.54, 1.807) is 30.5 Å². The van der Waals surface area contributed by atoms with Gasteiger partial charge in [-0.15, -0.1) is 0 Å². The van der Waals surface area contributed by atoms with E-state index in [0.29, 0.717) is 24.3 Å². The van der Waals surface area contributed by atoms with Crippen LogP contribution in [-0.4, -0.2) is 24.0 Å². The molecule has 2 aromatic rings. The first-order valence-electron chi connectivity index (χ1n) is 7.41. The highest BCUT2D eigenvalue weighted by atomic mass is 19.1. The van der Waals surface area contributed by atoms with Crippen molar-refractivity contribution in [3.05, 3.63) is 59.5 Å². The average Bonchev–Trinajstić information content (AvgIpc) is 2.55. The van der Waals surface area contributed by atoms with Crippen LogP contribution in [0.3, 0.4) is 0 Å². The molecule has 22 heavy (non-hydrogen) atoms. The molecule has 0 bridgehead atoms. The largest absolute Gasteiger partial charge is 0.370 e. The van der Waals surface area contributed by atoms with Crippen molar-refractivity contribution in [3.8, 4) is 0 Å². The summed E-state index contributed by atoms with van der Waals surface area (Å²) in [6.45, 7) is 3.39. The van der Waals surface area contributed by atoms with Gasteiger partial charge in [-0.05, 0) is 42.7 Å². The van der Waals surface area contributed by atoms with E-state index in [0.717, 1.165) is 18.5 Å². The molecule has 116 valence electrons. The number of nitrogens with one attached hydrogen (secondary N) is 2. The second kappa shape index (κ2) is 8.12. The Labute approximate surface area is 129 Å². The second-order valence-electron chi connectivity index (χ2n) is 4.99. The van der Waals surface area contributed by atoms with Gasteiger partial charge in [0.1, 0.15) is 11.6 Å². The van der Waals surface area contributed by atoms with Gasteiger partial charge in [0.25, 0.3) is 5.91 Å². The number of carbonyl (C=O) groups excluding carboxylic acids is 1. The molecule has 0 saturated carbocycles. The van der Waals surface area contributed by atoms with Crippen LogP contribution >= 0.6 is 0 Å². The summed E-state index contributed by atoms with van der Waals surface area (Å²) in [5, 5.41) is 6.01. The summed E-state index contributed by atoms with van der Waals surface area (Å²) < 4.78 is 12.8. The molecule has 0 saturated heterocycles. The van der Waals surface area contributed by atoms with E-state index in [2.05, 4.69) is 22.5 Å². The SMILES string of the molecule is CCCNc1cc(C(=O)NCCc2ccc(F)cc2)ccn1. The number of anilines is 1. The predicted molar refractivity (Wildman–Crippen MR) is 85.5 cm³/mol. The highest BCUT2D eigenvalue weighted by molar-refractivity contribution is 5.94. The van der Waals surface area contributed by atoms with Crippen LogP contribution in [0.4, 0.5) is 10.2 Å². The van der Waals surface area contributed by atoms with E-state index >= 15 is 0 Å². The minimum Gasteiger partial charge on any atom is -0.370 e. The van der Waals surface area contributed by atoms with Gasteiger partial charge in [0.15, 0.2) is 0 Å². The number of aromatic nitrogens is 1. The third kappa shape index (κ3) is 4.84. The molecule has 0 spiro atoms. The standard InChI is InChI=1S/C17H20FN3O/c1-2-9-19-16-12-14(8-11-20-16)17(22)21-10-7-13-3-5-15(18)6-4-13/h3-6,8,11-12H,2,7,9-10H2,1H3,(H,19,20)(H,21,22). The number of nitrogens with zero attached hydrogens (tertiary/aromatic N) is 1. The lowest BCUT2D eigenvalue weighted by Crippen LogP contribution is -2.25. The number of pyridine rings is 1. The molecule has 5 heteroatoms. The Morgan fingerprint density at radius 2 is 1.95 bits per heavy atom. The fraction of sp³-hybridized carbons (Fsp3) is 0.294. The first-order chi connectivity index (χ1) is 10.7. The maximum Gasteiger partial charge on any atom is 0.251 e. The normalized spacial score (nSPS) is 10.3. The first-order valence-corrected chi connectivity index (χ1v) is 7.41. The van der Waals surface area contributed by atoms with Gasteiger partial charge in [0, 0.05) is 24.8 Å². The summed E-state index contributed by atoms with van der Waals surface area (Å²) in [4.78, 5) is 16.3. The summed E-state index contributed by atoms with van der Waals surface area (Å²) in [6, 6.07) is 9.71. The summed E-state index contributed by atoms with van der Waals surface area (Å²) in [5.41, 5.74) is 1.56. The molecule has 0 fully saturated rings. The highest BCUT2D eigenvalue weighted by Gasteiger charge is 2.06. The molecule has 2 rings (SSSR count). The zero-order valence-electron chi connectivity index (χ0n) is 12.6. The van der Waals surface area contributed by atoms with Gasteiger partial charge < -0.3 is 10.6 Å². The van der Waals surface area contributed by atoms with Crippen LogP contribution in [0.5, 0.6) is 0 Å². The predicted octanol–water partition coefficient (Wildman–Crippen LogP) is 3.02. The maximum atomic E-state index is 12.8. The molecule has 1 aromatic carbocycles. The van der Waals surface area contributed by atoms with E-state index in [4.69, 9.17) is 0 Å². The lowest BCUT2D eigenvalue weighted by Gasteiger charge is -2.08. The molecule has 1 amide bonds. The van der Waals surface area contributed by atoms with Crippen LogP contribution in [0.2, 0.25) is 0 Å². The molecule has 0 aliphatic carbocycles. The molecule has 4 nitrogen and oxygen atoms in total. The lowest BCUT2D eigenvalue weighted by molar-refractivity contribution is 0.0954. The van der Waals surface area contributed by atoms with Gasteiger partial charge in [0.05, 0.1) is 0 Å². The molecule has 0 unspecified atom stereocenters. The smallest absolute Gasteiger partial charge is 0.251 e. The molecular weight excluding hydrogens is 281 g/mol. The van der Waals surface area contributed by atoms with Crippen molar-refractivity contribution in [1.82, 2.24) is 10.3 Å². The Bertz CT molecular complexity index is 614. The van der Waals surface area contributed by atoms with Crippen molar-refractivity contribution >= 4 is 11.7 Å². The van der Waals surface area contributed by atoms with E-state index in [1.165, 1.54) is 12.1 Å². The van der Waals surface area contributed by atoms with Crippen LogP contribution in [0.25, 0.3) is 0 Å². The van der Waals surface area contributed by atoms with E-state index < -0.39 is 0 Å². The van der Waals surface area contributed by atoms with Gasteiger partial charge in [-0.3, -0.25) is 4.79 Å². The van der Waals surface area contributed by atoms with Gasteiger partial charge in [-0.25, -0.2) is 9.37 Å². The number of hydrogen-bond acceptors (Lipinski definition) is 3. The number of halogens is 1. The van der Waals surface area contributed by atoms with Crippen molar-refractivity contribution in [2.75, 3.05) is 18.4 Å². The van der Waals surface area contributed by atoms with Crippen molar-refractivity contribution in [1.29, 1.82) is 0 Å². The van der Waals surface area contributed by atoms with Gasteiger partial charge in [0.2, 0.25) is 0 Å². The summed E-state index contributed by atoms with van der Waals surface area (Å²) >= 11 is 0. The summed E-state index contributed by atoms with van der Waals surface area (Å²) in [7, 11) is 0. The molecule has 0 atom stereocenters.